The van der Waals surface area contributed by atoms with E-state index in [2.05, 4.69) is 19.8 Å². The molecule has 0 spiro atoms. The second-order valence-electron chi connectivity index (χ2n) is 2.78. The molecular weight excluding hydrogens is 695 g/mol. The highest BCUT2D eigenvalue weighted by atomic mass is 19.4. The predicted molar refractivity (Wildman–Crippen MR) is 92.1 cm³/mol. The Morgan fingerprint density at radius 2 is 0.429 bits per heavy atom. The Bertz CT molecular complexity index is 240. The van der Waals surface area contributed by atoms with Crippen LogP contribution in [0, 0.1) is 0 Å². The smallest absolute Gasteiger partial charge is 0.255 e. The molecule has 0 fully saturated rings. The van der Waals surface area contributed by atoms with Gasteiger partial charge in [0.25, 0.3) is 0 Å². The lowest BCUT2D eigenvalue weighted by Gasteiger charge is -1.97. The van der Waals surface area contributed by atoms with Crippen molar-refractivity contribution in [2.45, 2.75) is 12.4 Å². The highest BCUT2D eigenvalue weighted by Gasteiger charge is 2.28. The predicted octanol–water partition coefficient (Wildman–Crippen LogP) is 10.4. The summed E-state index contributed by atoms with van der Waals surface area (Å²) in [5.74, 6) is 0. The van der Waals surface area contributed by atoms with E-state index in [1.54, 1.807) is 0 Å². The maximum atomic E-state index is 10.7. The Kier molecular flexibility index (Phi) is 168. The number of hydrogen-bond donors (Lipinski definition) is 0. The highest BCUT2D eigenvalue weighted by Crippen LogP contribution is 2.14. The van der Waals surface area contributed by atoms with Gasteiger partial charge in [-0.25, -0.2) is 61.5 Å². The van der Waals surface area contributed by atoms with Crippen LogP contribution in [0.1, 0.15) is 0 Å². The molecule has 0 radical (unpaired) electrons. The third kappa shape index (κ3) is 801. The average Bonchev–Trinajstić information content (AvgIpc) is 2.87. The summed E-state index contributed by atoms with van der Waals surface area (Å²) in [6, 6.07) is 0. The zero-order chi connectivity index (χ0) is 36.9. The molecule has 0 saturated carbocycles. The van der Waals surface area contributed by atoms with Crippen molar-refractivity contribution in [2.75, 3.05) is 75.7 Å². The van der Waals surface area contributed by atoms with Crippen LogP contribution in [0.25, 0.3) is 0 Å². The molecule has 0 saturated heterocycles. The highest BCUT2D eigenvalue weighted by molar-refractivity contribution is 4.41. The van der Waals surface area contributed by atoms with Gasteiger partial charge in [0, 0.05) is 0 Å². The van der Waals surface area contributed by atoms with Crippen molar-refractivity contribution < 1.29 is 130 Å². The fourth-order valence-electron chi connectivity index (χ4n) is 0.124. The van der Waals surface area contributed by atoms with E-state index in [1.807, 2.05) is 0 Å². The van der Waals surface area contributed by atoms with Gasteiger partial charge in [0.2, 0.25) is 55.3 Å². The molecular formula is C13H23F25O4. The molecule has 0 N–H and O–H groups in total. The van der Waals surface area contributed by atoms with Crippen LogP contribution in [0.5, 0.6) is 0 Å². The van der Waals surface area contributed by atoms with Crippen molar-refractivity contribution in [2.24, 2.45) is 0 Å². The monoisotopic (exact) mass is 718 g/mol. The summed E-state index contributed by atoms with van der Waals surface area (Å²) < 4.78 is 250. The minimum absolute atomic E-state index is 0.500. The third-order valence-electron chi connectivity index (χ3n) is 0.519. The van der Waals surface area contributed by atoms with Crippen molar-refractivity contribution in [1.82, 2.24) is 0 Å². The molecule has 0 amide bonds. The summed E-state index contributed by atoms with van der Waals surface area (Å²) in [6.07, 6.45) is -9.09. The lowest BCUT2D eigenvalue weighted by Crippen LogP contribution is -2.13. The molecule has 42 heavy (non-hydrogen) atoms. The van der Waals surface area contributed by atoms with Crippen LogP contribution in [0.4, 0.5) is 110 Å². The molecule has 274 valence electrons. The SMILES string of the molecule is CF.FCF.FCF.FCF.FCF.FCF.FCF.FCOF.FCOF.FOCC(F)(F)F.FOCC(F)(F)F. The first kappa shape index (κ1) is 72.4. The normalized spacial score (nSPS) is 8.14. The second-order valence-corrected chi connectivity index (χ2v) is 2.78. The van der Waals surface area contributed by atoms with Crippen LogP contribution >= 0.6 is 0 Å². The van der Waals surface area contributed by atoms with Gasteiger partial charge in [-0.05, 0) is 18.1 Å². The van der Waals surface area contributed by atoms with Crippen LogP contribution in [0.3, 0.4) is 0 Å². The van der Waals surface area contributed by atoms with Crippen molar-refractivity contribution >= 4 is 0 Å². The molecule has 0 rings (SSSR count). The molecule has 0 bridgehead atoms. The lowest BCUT2D eigenvalue weighted by molar-refractivity contribution is -0.245. The number of hydrogen-bond acceptors (Lipinski definition) is 4. The summed E-state index contributed by atoms with van der Waals surface area (Å²) >= 11 is 0. The van der Waals surface area contributed by atoms with E-state index < -0.39 is 80.9 Å². The average molecular weight is 718 g/mol. The minimum atomic E-state index is -4.55. The van der Waals surface area contributed by atoms with Crippen LogP contribution < -0.4 is 0 Å². The Balaban J connectivity index is -0.0000000287. The van der Waals surface area contributed by atoms with Gasteiger partial charge < -0.3 is 0 Å². The Morgan fingerprint density at radius 1 is 0.333 bits per heavy atom. The molecule has 29 heteroatoms. The Morgan fingerprint density at radius 3 is 0.429 bits per heavy atom. The zero-order valence-corrected chi connectivity index (χ0v) is 20.2. The van der Waals surface area contributed by atoms with Crippen LogP contribution in [0.15, 0.2) is 0 Å². The summed E-state index contributed by atoms with van der Waals surface area (Å²) in [4.78, 5) is 9.31. The van der Waals surface area contributed by atoms with E-state index in [0.29, 0.717) is 7.18 Å². The summed E-state index contributed by atoms with van der Waals surface area (Å²) in [6.45, 7) is -16.8. The van der Waals surface area contributed by atoms with Crippen molar-refractivity contribution in [1.29, 1.82) is 0 Å². The quantitative estimate of drug-likeness (QED) is 0.271. The van der Waals surface area contributed by atoms with Gasteiger partial charge >= 0.3 is 12.4 Å². The number of halogens is 25. The first-order chi connectivity index (χ1) is 19.4. The second kappa shape index (κ2) is 97.7. The molecule has 0 heterocycles. The number of rotatable bonds is 4. The maximum absolute atomic E-state index is 10.7. The van der Waals surface area contributed by atoms with Gasteiger partial charge in [-0.3, -0.25) is 4.39 Å². The van der Waals surface area contributed by atoms with Crippen molar-refractivity contribution in [3.05, 3.63) is 0 Å². The summed E-state index contributed by atoms with van der Waals surface area (Å²) in [5, 5.41) is 0. The van der Waals surface area contributed by atoms with Crippen LogP contribution in [-0.4, -0.2) is 88.0 Å². The molecule has 0 unspecified atom stereocenters. The van der Waals surface area contributed by atoms with E-state index in [-0.39, 0.29) is 0 Å². The molecule has 0 atom stereocenters. The first-order valence-electron chi connectivity index (χ1n) is 7.73. The molecule has 0 aromatic rings. The Labute approximate surface area is 219 Å². The zero-order valence-electron chi connectivity index (χ0n) is 20.2. The Hall–Kier alpha value is -1.91. The molecule has 0 aliphatic carbocycles. The van der Waals surface area contributed by atoms with E-state index in [0.717, 1.165) is 0 Å². The lowest BCUT2D eigenvalue weighted by atomic mass is 10.7. The van der Waals surface area contributed by atoms with E-state index in [1.165, 1.54) is 0 Å². The summed E-state index contributed by atoms with van der Waals surface area (Å²) in [5.41, 5.74) is 0. The standard InChI is InChI=1S/2C2H2F4O.2CH2F2O.6CH2F2.CH3F/c2*3-2(4,5)1-7-6;2*2-1-4-3;6*2-1-3;1-2/h2*1H2;2*1H2;6*1H2;1H3. The van der Waals surface area contributed by atoms with Crippen LogP contribution in [-0.2, 0) is 19.8 Å². The van der Waals surface area contributed by atoms with Crippen molar-refractivity contribution in [3.63, 3.8) is 0 Å². The molecule has 0 aromatic carbocycles. The molecule has 4 nitrogen and oxygen atoms in total. The number of alkyl halides is 21. The minimum Gasteiger partial charge on any atom is -0.255 e. The fourth-order valence-corrected chi connectivity index (χ4v) is 0.124. The molecule has 0 aliphatic heterocycles. The van der Waals surface area contributed by atoms with Gasteiger partial charge in [-0.15, -0.1) is 0 Å². The van der Waals surface area contributed by atoms with Gasteiger partial charge in [0.05, 0.1) is 7.18 Å². The van der Waals surface area contributed by atoms with Gasteiger partial charge in [0.1, 0.15) is 0 Å². The maximum Gasteiger partial charge on any atom is 0.415 e. The van der Waals surface area contributed by atoms with Gasteiger partial charge in [-0.1, -0.05) is 0 Å². The molecule has 0 aliphatic rings. The van der Waals surface area contributed by atoms with E-state index in [4.69, 9.17) is 0 Å². The van der Waals surface area contributed by atoms with Gasteiger partial charge in [0.15, 0.2) is 13.2 Å². The first-order valence-corrected chi connectivity index (χ1v) is 7.73. The molecule has 0 aromatic heterocycles. The fraction of sp³-hybridized carbons (Fsp3) is 1.00. The largest absolute Gasteiger partial charge is 0.415 e. The van der Waals surface area contributed by atoms with Gasteiger partial charge in [-0.2, -0.15) is 46.1 Å². The van der Waals surface area contributed by atoms with E-state index in [9.17, 15) is 110 Å². The third-order valence-corrected chi connectivity index (χ3v) is 0.519. The van der Waals surface area contributed by atoms with Crippen molar-refractivity contribution in [3.8, 4) is 0 Å². The topological polar surface area (TPSA) is 36.9 Å². The van der Waals surface area contributed by atoms with E-state index >= 15 is 0 Å². The van der Waals surface area contributed by atoms with Crippen LogP contribution in [0.2, 0.25) is 0 Å². The summed E-state index contributed by atoms with van der Waals surface area (Å²) in [7, 11) is 0.500.